The summed E-state index contributed by atoms with van der Waals surface area (Å²) in [6.45, 7) is 0. The van der Waals surface area contributed by atoms with E-state index in [1.54, 1.807) is 37.2 Å². The Morgan fingerprint density at radius 2 is 1.96 bits per heavy atom. The first-order chi connectivity index (χ1) is 10.8. The molecule has 0 saturated heterocycles. The third-order valence-corrected chi connectivity index (χ3v) is 3.90. The zero-order valence-corrected chi connectivity index (χ0v) is 14.7. The van der Waals surface area contributed by atoms with Gasteiger partial charge in [0.25, 0.3) is 11.6 Å². The predicted octanol–water partition coefficient (Wildman–Crippen LogP) is 4.33. The van der Waals surface area contributed by atoms with Crippen LogP contribution in [0.2, 0.25) is 5.02 Å². The molecule has 0 aromatic heterocycles. The van der Waals surface area contributed by atoms with Gasteiger partial charge in [-0.15, -0.1) is 0 Å². The van der Waals surface area contributed by atoms with Gasteiger partial charge in [-0.3, -0.25) is 14.9 Å². The maximum atomic E-state index is 12.5. The van der Waals surface area contributed by atoms with Crippen molar-refractivity contribution in [1.29, 1.82) is 0 Å². The maximum Gasteiger partial charge on any atom is 0.270 e. The molecule has 1 amide bonds. The number of hydrogen-bond acceptors (Lipinski definition) is 4. The minimum absolute atomic E-state index is 0.150. The number of amides is 1. The summed E-state index contributed by atoms with van der Waals surface area (Å²) in [4.78, 5) is 24.6. The number of nitrogens with one attached hydrogen (secondary N) is 1. The first kappa shape index (κ1) is 17.2. The Bertz CT molecular complexity index is 781. The number of hydrogen-bond donors (Lipinski definition) is 1. The van der Waals surface area contributed by atoms with Crippen LogP contribution in [0.3, 0.4) is 0 Å². The predicted molar refractivity (Wildman–Crippen MR) is 94.5 cm³/mol. The van der Waals surface area contributed by atoms with Crippen LogP contribution in [0.4, 0.5) is 17.1 Å². The van der Waals surface area contributed by atoms with Crippen molar-refractivity contribution >= 4 is 50.5 Å². The minimum Gasteiger partial charge on any atom is -0.377 e. The van der Waals surface area contributed by atoms with Gasteiger partial charge < -0.3 is 10.2 Å². The molecule has 0 aliphatic carbocycles. The molecule has 2 aromatic rings. The number of rotatable bonds is 4. The molecule has 23 heavy (non-hydrogen) atoms. The molecule has 0 bridgehead atoms. The molecule has 0 saturated carbocycles. The average Bonchev–Trinajstić information content (AvgIpc) is 2.49. The van der Waals surface area contributed by atoms with Gasteiger partial charge in [0.2, 0.25) is 0 Å². The number of carbonyl (C=O) groups excluding carboxylic acids is 1. The summed E-state index contributed by atoms with van der Waals surface area (Å²) in [7, 11) is 3.51. The van der Waals surface area contributed by atoms with Crippen molar-refractivity contribution in [3.05, 3.63) is 61.6 Å². The highest BCUT2D eigenvalue weighted by Gasteiger charge is 2.18. The Kier molecular flexibility index (Phi) is 5.23. The van der Waals surface area contributed by atoms with Crippen LogP contribution in [0.1, 0.15) is 10.4 Å². The molecular weight excluding hydrogens is 386 g/mol. The molecule has 120 valence electrons. The van der Waals surface area contributed by atoms with Gasteiger partial charge in [-0.25, -0.2) is 0 Å². The smallest absolute Gasteiger partial charge is 0.270 e. The molecule has 0 unspecified atom stereocenters. The lowest BCUT2D eigenvalue weighted by molar-refractivity contribution is -0.384. The second-order valence-corrected chi connectivity index (χ2v) is 6.25. The van der Waals surface area contributed by atoms with Gasteiger partial charge in [-0.05, 0) is 24.3 Å². The first-order valence-electron chi connectivity index (χ1n) is 6.51. The topological polar surface area (TPSA) is 75.5 Å². The van der Waals surface area contributed by atoms with Crippen molar-refractivity contribution in [2.24, 2.45) is 0 Å². The first-order valence-corrected chi connectivity index (χ1v) is 7.69. The number of anilines is 2. The lowest BCUT2D eigenvalue weighted by Gasteiger charge is -2.17. The van der Waals surface area contributed by atoms with Crippen molar-refractivity contribution < 1.29 is 9.72 Å². The number of carbonyl (C=O) groups is 1. The molecule has 2 rings (SSSR count). The average molecular weight is 399 g/mol. The second kappa shape index (κ2) is 6.97. The van der Waals surface area contributed by atoms with E-state index < -0.39 is 10.8 Å². The molecular formula is C15H13BrClN3O3. The summed E-state index contributed by atoms with van der Waals surface area (Å²) in [6, 6.07) is 9.18. The monoisotopic (exact) mass is 397 g/mol. The highest BCUT2D eigenvalue weighted by atomic mass is 79.9. The van der Waals surface area contributed by atoms with Crippen LogP contribution in [-0.4, -0.2) is 24.9 Å². The number of nitrogens with zero attached hydrogens (tertiary/aromatic N) is 2. The lowest BCUT2D eigenvalue weighted by Crippen LogP contribution is -2.19. The van der Waals surface area contributed by atoms with E-state index in [9.17, 15) is 14.9 Å². The molecule has 0 spiro atoms. The van der Waals surface area contributed by atoms with Gasteiger partial charge >= 0.3 is 0 Å². The van der Waals surface area contributed by atoms with Crippen LogP contribution in [0.25, 0.3) is 0 Å². The van der Waals surface area contributed by atoms with Gasteiger partial charge in [0, 0.05) is 36.4 Å². The van der Waals surface area contributed by atoms with E-state index in [4.69, 9.17) is 11.6 Å². The van der Waals surface area contributed by atoms with Gasteiger partial charge in [0.05, 0.1) is 21.2 Å². The number of non-ortho nitro benzene ring substituents is 1. The second-order valence-electron chi connectivity index (χ2n) is 4.93. The van der Waals surface area contributed by atoms with Crippen LogP contribution in [0.15, 0.2) is 40.9 Å². The fraction of sp³-hybridized carbons (Fsp3) is 0.133. The summed E-state index contributed by atoms with van der Waals surface area (Å²) in [5.41, 5.74) is 1.04. The molecule has 0 heterocycles. The van der Waals surface area contributed by atoms with E-state index in [0.717, 1.165) is 4.47 Å². The van der Waals surface area contributed by atoms with Gasteiger partial charge in [0.15, 0.2) is 0 Å². The van der Waals surface area contributed by atoms with Crippen LogP contribution in [0.5, 0.6) is 0 Å². The molecule has 6 nitrogen and oxygen atoms in total. The highest BCUT2D eigenvalue weighted by molar-refractivity contribution is 9.10. The normalized spacial score (nSPS) is 10.3. The molecule has 1 N–H and O–H groups in total. The Morgan fingerprint density at radius 3 is 2.52 bits per heavy atom. The zero-order valence-electron chi connectivity index (χ0n) is 12.3. The quantitative estimate of drug-likeness (QED) is 0.614. The summed E-state index contributed by atoms with van der Waals surface area (Å²) in [5, 5.41) is 14.0. The minimum atomic E-state index is -0.539. The molecule has 0 fully saturated rings. The molecule has 8 heteroatoms. The van der Waals surface area contributed by atoms with Gasteiger partial charge in [0.1, 0.15) is 0 Å². The van der Waals surface area contributed by atoms with E-state index in [0.29, 0.717) is 16.4 Å². The van der Waals surface area contributed by atoms with Crippen LogP contribution in [0, 0.1) is 10.1 Å². The van der Waals surface area contributed by atoms with Crippen LogP contribution < -0.4 is 10.2 Å². The summed E-state index contributed by atoms with van der Waals surface area (Å²) >= 11 is 9.37. The number of benzene rings is 2. The summed E-state index contributed by atoms with van der Waals surface area (Å²) in [5.74, 6) is -0.471. The van der Waals surface area contributed by atoms with E-state index in [1.807, 2.05) is 0 Å². The van der Waals surface area contributed by atoms with Gasteiger partial charge in [-0.2, -0.15) is 0 Å². The van der Waals surface area contributed by atoms with E-state index in [-0.39, 0.29) is 11.3 Å². The Labute approximate surface area is 146 Å². The highest BCUT2D eigenvalue weighted by Crippen LogP contribution is 2.28. The molecule has 2 aromatic carbocycles. The number of nitro groups is 1. The summed E-state index contributed by atoms with van der Waals surface area (Å²) in [6.07, 6.45) is 0. The fourth-order valence-electron chi connectivity index (χ4n) is 1.99. The molecule has 0 aliphatic heterocycles. The van der Waals surface area contributed by atoms with E-state index in [2.05, 4.69) is 21.2 Å². The van der Waals surface area contributed by atoms with Crippen molar-refractivity contribution in [3.63, 3.8) is 0 Å². The SMILES string of the molecule is CN(C)c1ccc([N+](=O)[O-])cc1C(=O)Nc1ccc(Br)cc1Cl. The Hall–Kier alpha value is -2.12. The zero-order chi connectivity index (χ0) is 17.1. The van der Waals surface area contributed by atoms with E-state index >= 15 is 0 Å². The van der Waals surface area contributed by atoms with Crippen LogP contribution >= 0.6 is 27.5 Å². The third kappa shape index (κ3) is 4.00. The maximum absolute atomic E-state index is 12.5. The van der Waals surface area contributed by atoms with Crippen molar-refractivity contribution in [1.82, 2.24) is 0 Å². The standard InChI is InChI=1S/C15H13BrClN3O3/c1-19(2)14-6-4-10(20(22)23)8-11(14)15(21)18-13-5-3-9(16)7-12(13)17/h3-8H,1-2H3,(H,18,21). The lowest BCUT2D eigenvalue weighted by atomic mass is 10.1. The largest absolute Gasteiger partial charge is 0.377 e. The fourth-order valence-corrected chi connectivity index (χ4v) is 2.71. The third-order valence-electron chi connectivity index (χ3n) is 3.10. The van der Waals surface area contributed by atoms with Crippen LogP contribution in [-0.2, 0) is 0 Å². The van der Waals surface area contributed by atoms with Crippen molar-refractivity contribution in [2.45, 2.75) is 0 Å². The van der Waals surface area contributed by atoms with E-state index in [1.165, 1.54) is 18.2 Å². The molecule has 0 atom stereocenters. The number of halogens is 2. The van der Waals surface area contributed by atoms with Crippen molar-refractivity contribution in [3.8, 4) is 0 Å². The van der Waals surface area contributed by atoms with Gasteiger partial charge in [-0.1, -0.05) is 27.5 Å². The number of nitro benzene ring substituents is 1. The van der Waals surface area contributed by atoms with Crippen molar-refractivity contribution in [2.75, 3.05) is 24.3 Å². The Balaban J connectivity index is 2.40. The molecule has 0 radical (unpaired) electrons. The Morgan fingerprint density at radius 1 is 1.26 bits per heavy atom. The summed E-state index contributed by atoms with van der Waals surface area (Å²) < 4.78 is 0.782. The molecule has 0 aliphatic rings.